The minimum Gasteiger partial charge on any atom is -0.463 e. The molecule has 11 heteroatoms. The average molecular weight is 677 g/mol. The lowest BCUT2D eigenvalue weighted by atomic mass is 9.74. The third kappa shape index (κ3) is 10.5. The Morgan fingerprint density at radius 3 is 2.54 bits per heavy atom. The van der Waals surface area contributed by atoms with Crippen molar-refractivity contribution in [2.45, 2.75) is 129 Å². The van der Waals surface area contributed by atoms with Gasteiger partial charge >= 0.3 is 5.97 Å². The molecule has 1 aromatic heterocycles. The van der Waals surface area contributed by atoms with Crippen LogP contribution in [0, 0.1) is 17.3 Å². The molecule has 0 unspecified atom stereocenters. The minimum absolute atomic E-state index is 0.00305. The lowest BCUT2D eigenvalue weighted by Gasteiger charge is -2.47. The zero-order chi connectivity index (χ0) is 35.6. The lowest BCUT2D eigenvalue weighted by Crippen LogP contribution is -2.59. The van der Waals surface area contributed by atoms with Crippen LogP contribution in [0.25, 0.3) is 0 Å². The van der Waals surface area contributed by atoms with Gasteiger partial charge in [-0.25, -0.2) is 0 Å². The molecule has 2 N–H and O–H groups in total. The molecule has 2 aliphatic rings. The molecule has 9 atom stereocenters. The molecule has 3 rings (SSSR count). The number of pyridine rings is 1. The summed E-state index contributed by atoms with van der Waals surface area (Å²) in [6, 6.07) is 3.81. The Hall–Kier alpha value is -1.99. The summed E-state index contributed by atoms with van der Waals surface area (Å²) in [6.07, 6.45) is 4.71. The number of nitrogens with one attached hydrogen (secondary N) is 1. The van der Waals surface area contributed by atoms with Crippen LogP contribution in [0.1, 0.15) is 86.1 Å². The van der Waals surface area contributed by atoms with E-state index in [1.807, 2.05) is 45.1 Å². The topological polar surface area (TPSA) is 123 Å². The molecule has 2 aliphatic heterocycles. The highest BCUT2D eigenvalue weighted by Gasteiger charge is 2.51. The third-order valence-electron chi connectivity index (χ3n) is 10.3. The van der Waals surface area contributed by atoms with Crippen molar-refractivity contribution in [2.75, 3.05) is 47.4 Å². The molecule has 2 saturated heterocycles. The number of hydrogen-bond acceptors (Lipinski definition) is 11. The first-order chi connectivity index (χ1) is 22.6. The van der Waals surface area contributed by atoms with E-state index < -0.39 is 41.4 Å². The van der Waals surface area contributed by atoms with E-state index in [0.717, 1.165) is 51.0 Å². The number of hydrogen-bond donors (Lipinski definition) is 2. The first kappa shape index (κ1) is 40.4. The standard InChI is InChI=1S/C37H64N4O7/c1-11-18-41-23-25(2)20-37(7,45-10)33(48-34-31(42)30(40(8)9)19-26(3)47-34)27(4)32(43)36(5,6)35(44)46-24-29(41)15-13-17-39-22-28-14-12-16-38-21-28/h12,14,16,21,25-27,29-31,33-34,39,42H,11,13,15,17-20,22-24H2,1-10H3/t25-,26-,27+,29-,30+,31-,33-,34+,37-/m1/s1. The molecule has 48 heavy (non-hydrogen) atoms. The number of aromatic nitrogens is 1. The van der Waals surface area contributed by atoms with Crippen LogP contribution in [-0.2, 0) is 35.1 Å². The molecule has 0 bridgehead atoms. The van der Waals surface area contributed by atoms with Gasteiger partial charge in [0, 0.05) is 50.6 Å². The van der Waals surface area contributed by atoms with Gasteiger partial charge in [0.15, 0.2) is 12.1 Å². The maximum absolute atomic E-state index is 14.3. The molecule has 1 aromatic rings. The Morgan fingerprint density at radius 1 is 1.19 bits per heavy atom. The monoisotopic (exact) mass is 676 g/mol. The van der Waals surface area contributed by atoms with Crippen LogP contribution in [0.15, 0.2) is 24.5 Å². The Kier molecular flexibility index (Phi) is 15.4. The molecule has 0 aromatic carbocycles. The maximum atomic E-state index is 14.3. The van der Waals surface area contributed by atoms with Crippen LogP contribution in [0.3, 0.4) is 0 Å². The molecule has 2 fully saturated rings. The van der Waals surface area contributed by atoms with E-state index in [9.17, 15) is 14.7 Å². The van der Waals surface area contributed by atoms with Crippen LogP contribution in [0.5, 0.6) is 0 Å². The van der Waals surface area contributed by atoms with E-state index in [4.69, 9.17) is 18.9 Å². The van der Waals surface area contributed by atoms with Crippen molar-refractivity contribution in [2.24, 2.45) is 17.3 Å². The summed E-state index contributed by atoms with van der Waals surface area (Å²) in [7, 11) is 5.50. The summed E-state index contributed by atoms with van der Waals surface area (Å²) in [4.78, 5) is 36.6. The van der Waals surface area contributed by atoms with Crippen molar-refractivity contribution < 1.29 is 33.6 Å². The van der Waals surface area contributed by atoms with Crippen molar-refractivity contribution in [1.82, 2.24) is 20.1 Å². The molecule has 0 saturated carbocycles. The van der Waals surface area contributed by atoms with Crippen molar-refractivity contribution >= 4 is 11.8 Å². The van der Waals surface area contributed by atoms with Gasteiger partial charge in [0.2, 0.25) is 0 Å². The molecular weight excluding hydrogens is 612 g/mol. The molecule has 3 heterocycles. The Labute approximate surface area is 289 Å². The highest BCUT2D eigenvalue weighted by molar-refractivity contribution is 6.04. The normalized spacial score (nSPS) is 34.2. The zero-order valence-electron chi connectivity index (χ0n) is 31.2. The van der Waals surface area contributed by atoms with Crippen molar-refractivity contribution in [1.29, 1.82) is 0 Å². The van der Waals surface area contributed by atoms with E-state index in [1.54, 1.807) is 34.1 Å². The summed E-state index contributed by atoms with van der Waals surface area (Å²) >= 11 is 0. The number of carbonyl (C=O) groups excluding carboxylic acids is 2. The van der Waals surface area contributed by atoms with E-state index in [-0.39, 0.29) is 36.5 Å². The van der Waals surface area contributed by atoms with Crippen molar-refractivity contribution in [3.63, 3.8) is 0 Å². The molecule has 11 nitrogen and oxygen atoms in total. The largest absolute Gasteiger partial charge is 0.463 e. The van der Waals surface area contributed by atoms with Crippen molar-refractivity contribution in [3.05, 3.63) is 30.1 Å². The van der Waals surface area contributed by atoms with Gasteiger partial charge in [-0.05, 0) is 105 Å². The predicted molar refractivity (Wildman–Crippen MR) is 186 cm³/mol. The molecule has 0 spiro atoms. The fourth-order valence-corrected chi connectivity index (χ4v) is 7.50. The zero-order valence-corrected chi connectivity index (χ0v) is 31.2. The van der Waals surface area contributed by atoms with Gasteiger partial charge in [-0.15, -0.1) is 0 Å². The summed E-state index contributed by atoms with van der Waals surface area (Å²) in [5, 5.41) is 14.9. The van der Waals surface area contributed by atoms with Gasteiger partial charge in [0.05, 0.1) is 17.8 Å². The number of cyclic esters (lactones) is 1. The van der Waals surface area contributed by atoms with Crippen molar-refractivity contribution in [3.8, 4) is 0 Å². The Bertz CT molecular complexity index is 1140. The summed E-state index contributed by atoms with van der Waals surface area (Å²) in [6.45, 7) is 16.7. The van der Waals surface area contributed by atoms with Crippen LogP contribution in [-0.4, -0.2) is 121 Å². The molecular formula is C37H64N4O7. The smallest absolute Gasteiger partial charge is 0.319 e. The summed E-state index contributed by atoms with van der Waals surface area (Å²) in [5.41, 5.74) is -1.22. The highest BCUT2D eigenvalue weighted by atomic mass is 16.7. The number of ketones is 1. The first-order valence-corrected chi connectivity index (χ1v) is 17.9. The second-order valence-corrected chi connectivity index (χ2v) is 15.2. The number of likely N-dealkylation sites (N-methyl/N-ethyl adjacent to an activating group) is 1. The lowest BCUT2D eigenvalue weighted by molar-refractivity contribution is -0.295. The quantitative estimate of drug-likeness (QED) is 0.189. The van der Waals surface area contributed by atoms with Gasteiger partial charge in [-0.3, -0.25) is 19.5 Å². The van der Waals surface area contributed by atoms with Gasteiger partial charge in [-0.2, -0.15) is 0 Å². The van der Waals surface area contributed by atoms with E-state index in [0.29, 0.717) is 12.8 Å². The Balaban J connectivity index is 1.89. The molecule has 0 aliphatic carbocycles. The number of esters is 1. The average Bonchev–Trinajstić information content (AvgIpc) is 3.05. The number of aliphatic hydroxyl groups excluding tert-OH is 1. The fourth-order valence-electron chi connectivity index (χ4n) is 7.50. The Morgan fingerprint density at radius 2 is 1.92 bits per heavy atom. The second kappa shape index (κ2) is 18.3. The molecule has 0 radical (unpaired) electrons. The number of carbonyl (C=O) groups is 2. The summed E-state index contributed by atoms with van der Waals surface area (Å²) < 4.78 is 25.1. The fraction of sp³-hybridized carbons (Fsp3) is 0.811. The van der Waals surface area contributed by atoms with Crippen LogP contribution in [0.4, 0.5) is 0 Å². The number of methoxy groups -OCH3 is 1. The minimum atomic E-state index is -1.42. The van der Waals surface area contributed by atoms with Gasteiger partial charge in [0.25, 0.3) is 0 Å². The van der Waals surface area contributed by atoms with Crippen LogP contribution < -0.4 is 5.32 Å². The number of nitrogens with zero attached hydrogens (tertiary/aromatic N) is 3. The molecule has 0 amide bonds. The van der Waals surface area contributed by atoms with E-state index in [2.05, 4.69) is 35.1 Å². The predicted octanol–water partition coefficient (Wildman–Crippen LogP) is 4.06. The molecule has 274 valence electrons. The number of Topliss-reactive ketones (excluding diaryl/α,β-unsaturated/α-hetero) is 1. The SMILES string of the molecule is CCCN1C[C@H](C)C[C@@](C)(OC)[C@H](O[C@@H]2O[C@H](C)C[C@H](N(C)C)[C@H]2O)[C@@H](C)C(=O)C(C)(C)C(=O)OC[C@H]1CCCNCc1cccnc1. The second-order valence-electron chi connectivity index (χ2n) is 15.2. The highest BCUT2D eigenvalue weighted by Crippen LogP contribution is 2.38. The number of rotatable bonds is 12. The third-order valence-corrected chi connectivity index (χ3v) is 10.3. The summed E-state index contributed by atoms with van der Waals surface area (Å²) in [5.74, 6) is -1.45. The van der Waals surface area contributed by atoms with Gasteiger partial charge < -0.3 is 34.3 Å². The van der Waals surface area contributed by atoms with Crippen LogP contribution >= 0.6 is 0 Å². The van der Waals surface area contributed by atoms with E-state index in [1.165, 1.54) is 0 Å². The van der Waals surface area contributed by atoms with Crippen LogP contribution in [0.2, 0.25) is 0 Å². The van der Waals surface area contributed by atoms with Gasteiger partial charge in [-0.1, -0.05) is 26.8 Å². The van der Waals surface area contributed by atoms with E-state index >= 15 is 0 Å². The maximum Gasteiger partial charge on any atom is 0.319 e. The van der Waals surface area contributed by atoms with Gasteiger partial charge in [0.1, 0.15) is 18.1 Å². The number of ether oxygens (including phenoxy) is 4. The number of aliphatic hydroxyl groups is 1. The first-order valence-electron chi connectivity index (χ1n) is 17.9.